The fourth-order valence-corrected chi connectivity index (χ4v) is 5.59. The van der Waals surface area contributed by atoms with Crippen LogP contribution >= 0.6 is 0 Å². The molecule has 2 aliphatic rings. The van der Waals surface area contributed by atoms with Crippen LogP contribution in [-0.4, -0.2) is 4.57 Å². The average molecular weight is 420 g/mol. The SMILES string of the molecule is c1ccc(-c2cc3c(n2C2CCCCCC2)[C@H](c2ccccc2)Oc2ccccc2-3)cc1. The summed E-state index contributed by atoms with van der Waals surface area (Å²) in [6.07, 6.45) is 7.69. The third-order valence-corrected chi connectivity index (χ3v) is 7.11. The summed E-state index contributed by atoms with van der Waals surface area (Å²) in [6.45, 7) is 0. The summed E-state index contributed by atoms with van der Waals surface area (Å²) in [4.78, 5) is 0. The van der Waals surface area contributed by atoms with E-state index < -0.39 is 0 Å². The van der Waals surface area contributed by atoms with E-state index in [2.05, 4.69) is 95.6 Å². The van der Waals surface area contributed by atoms with Crippen molar-refractivity contribution in [2.45, 2.75) is 50.7 Å². The van der Waals surface area contributed by atoms with Gasteiger partial charge in [0.2, 0.25) is 0 Å². The quantitative estimate of drug-likeness (QED) is 0.305. The molecule has 2 nitrogen and oxygen atoms in total. The summed E-state index contributed by atoms with van der Waals surface area (Å²) in [5.74, 6) is 0.978. The molecule has 0 amide bonds. The minimum atomic E-state index is -0.0955. The van der Waals surface area contributed by atoms with Crippen molar-refractivity contribution in [1.82, 2.24) is 4.57 Å². The smallest absolute Gasteiger partial charge is 0.164 e. The first-order valence-electron chi connectivity index (χ1n) is 12.0. The van der Waals surface area contributed by atoms with E-state index in [4.69, 9.17) is 4.74 Å². The lowest BCUT2D eigenvalue weighted by molar-refractivity contribution is 0.227. The maximum Gasteiger partial charge on any atom is 0.164 e. The first-order chi connectivity index (χ1) is 15.9. The van der Waals surface area contributed by atoms with Gasteiger partial charge in [-0.15, -0.1) is 0 Å². The van der Waals surface area contributed by atoms with Crippen LogP contribution in [-0.2, 0) is 0 Å². The van der Waals surface area contributed by atoms with Gasteiger partial charge >= 0.3 is 0 Å². The standard InChI is InChI=1S/C30H29NO/c1-2-10-18-24(17-9-1)31-27(22-13-5-3-6-14-22)21-26-25-19-11-12-20-28(25)32-30(29(26)31)23-15-7-4-8-16-23/h3-8,11-16,19-21,24,30H,1-2,9-10,17-18H2/t30-/m0/s1. The number of para-hydroxylation sites is 1. The Balaban J connectivity index is 1.63. The molecule has 2 heteroatoms. The first-order valence-corrected chi connectivity index (χ1v) is 12.0. The largest absolute Gasteiger partial charge is 0.479 e. The molecule has 32 heavy (non-hydrogen) atoms. The number of benzene rings is 3. The molecule has 0 bridgehead atoms. The number of hydrogen-bond acceptors (Lipinski definition) is 1. The van der Waals surface area contributed by atoms with Crippen LogP contribution in [0.5, 0.6) is 5.75 Å². The molecule has 6 rings (SSSR count). The molecule has 1 saturated carbocycles. The molecule has 0 radical (unpaired) electrons. The molecule has 0 unspecified atom stereocenters. The van der Waals surface area contributed by atoms with Gasteiger partial charge in [0.1, 0.15) is 5.75 Å². The topological polar surface area (TPSA) is 14.2 Å². The van der Waals surface area contributed by atoms with Crippen molar-refractivity contribution in [1.29, 1.82) is 0 Å². The summed E-state index contributed by atoms with van der Waals surface area (Å²) in [7, 11) is 0. The Morgan fingerprint density at radius 3 is 2.06 bits per heavy atom. The second-order valence-corrected chi connectivity index (χ2v) is 9.11. The zero-order chi connectivity index (χ0) is 21.3. The summed E-state index contributed by atoms with van der Waals surface area (Å²) in [5, 5.41) is 0. The van der Waals surface area contributed by atoms with Gasteiger partial charge in [0, 0.05) is 22.9 Å². The maximum atomic E-state index is 6.74. The molecule has 1 atom stereocenters. The molecule has 1 aliphatic carbocycles. The molecular weight excluding hydrogens is 390 g/mol. The Labute approximate surface area is 190 Å². The Bertz CT molecular complexity index is 1200. The van der Waals surface area contributed by atoms with E-state index in [0.29, 0.717) is 6.04 Å². The number of nitrogens with zero attached hydrogens (tertiary/aromatic N) is 1. The van der Waals surface area contributed by atoms with Gasteiger partial charge in [-0.2, -0.15) is 0 Å². The molecule has 0 spiro atoms. The number of hydrogen-bond donors (Lipinski definition) is 0. The van der Waals surface area contributed by atoms with Crippen LogP contribution in [0.2, 0.25) is 0 Å². The molecular formula is C30H29NO. The van der Waals surface area contributed by atoms with Crippen molar-refractivity contribution in [3.8, 4) is 28.1 Å². The monoisotopic (exact) mass is 419 g/mol. The van der Waals surface area contributed by atoms with Crippen LogP contribution in [0, 0.1) is 0 Å². The van der Waals surface area contributed by atoms with E-state index in [1.54, 1.807) is 0 Å². The van der Waals surface area contributed by atoms with Crippen LogP contribution in [0.25, 0.3) is 22.4 Å². The molecule has 0 saturated heterocycles. The van der Waals surface area contributed by atoms with Gasteiger partial charge in [-0.05, 0) is 36.1 Å². The van der Waals surface area contributed by atoms with Crippen LogP contribution < -0.4 is 4.74 Å². The normalized spacial score (nSPS) is 18.3. The summed E-state index contributed by atoms with van der Waals surface area (Å²) < 4.78 is 9.39. The molecule has 0 N–H and O–H groups in total. The Hall–Kier alpha value is -3.26. The zero-order valence-electron chi connectivity index (χ0n) is 18.4. The second-order valence-electron chi connectivity index (χ2n) is 9.11. The van der Waals surface area contributed by atoms with E-state index in [0.717, 1.165) is 5.75 Å². The summed E-state index contributed by atoms with van der Waals surface area (Å²) in [5.41, 5.74) is 7.68. The highest BCUT2D eigenvalue weighted by Gasteiger charge is 2.34. The van der Waals surface area contributed by atoms with E-state index >= 15 is 0 Å². The predicted octanol–water partition coefficient (Wildman–Crippen LogP) is 8.20. The van der Waals surface area contributed by atoms with E-state index in [1.807, 2.05) is 0 Å². The van der Waals surface area contributed by atoms with Crippen LogP contribution in [0.3, 0.4) is 0 Å². The van der Waals surface area contributed by atoms with Crippen LogP contribution in [0.1, 0.15) is 61.9 Å². The second kappa shape index (κ2) is 8.35. The molecule has 3 aromatic carbocycles. The minimum absolute atomic E-state index is 0.0955. The van der Waals surface area contributed by atoms with Gasteiger partial charge in [-0.1, -0.05) is 105 Å². The molecule has 160 valence electrons. The maximum absolute atomic E-state index is 6.74. The van der Waals surface area contributed by atoms with E-state index in [9.17, 15) is 0 Å². The number of ether oxygens (including phenoxy) is 1. The van der Waals surface area contributed by atoms with Gasteiger partial charge in [-0.3, -0.25) is 0 Å². The summed E-state index contributed by atoms with van der Waals surface area (Å²) in [6, 6.07) is 33.1. The van der Waals surface area contributed by atoms with Gasteiger partial charge in [0.15, 0.2) is 6.10 Å². The average Bonchev–Trinajstić information content (AvgIpc) is 3.06. The number of aromatic nitrogens is 1. The third-order valence-electron chi connectivity index (χ3n) is 7.11. The third kappa shape index (κ3) is 3.35. The van der Waals surface area contributed by atoms with Gasteiger partial charge in [0.05, 0.1) is 5.69 Å². The molecule has 1 fully saturated rings. The first kappa shape index (κ1) is 19.4. The van der Waals surface area contributed by atoms with Crippen molar-refractivity contribution in [2.24, 2.45) is 0 Å². The van der Waals surface area contributed by atoms with Crippen molar-refractivity contribution in [3.63, 3.8) is 0 Å². The van der Waals surface area contributed by atoms with Crippen LogP contribution in [0.15, 0.2) is 91.0 Å². The minimum Gasteiger partial charge on any atom is -0.479 e. The van der Waals surface area contributed by atoms with Crippen LogP contribution in [0.4, 0.5) is 0 Å². The molecule has 4 aromatic rings. The lowest BCUT2D eigenvalue weighted by Gasteiger charge is -2.32. The molecule has 1 aliphatic heterocycles. The highest BCUT2D eigenvalue weighted by atomic mass is 16.5. The van der Waals surface area contributed by atoms with Crippen molar-refractivity contribution in [3.05, 3.63) is 102 Å². The van der Waals surface area contributed by atoms with E-state index in [1.165, 1.54) is 72.2 Å². The Kier molecular flexibility index (Phi) is 5.07. The fourth-order valence-electron chi connectivity index (χ4n) is 5.59. The summed E-state index contributed by atoms with van der Waals surface area (Å²) >= 11 is 0. The van der Waals surface area contributed by atoms with Crippen molar-refractivity contribution in [2.75, 3.05) is 0 Å². The van der Waals surface area contributed by atoms with Gasteiger partial charge in [-0.25, -0.2) is 0 Å². The molecule has 2 heterocycles. The Morgan fingerprint density at radius 2 is 1.31 bits per heavy atom. The van der Waals surface area contributed by atoms with Gasteiger partial charge in [0.25, 0.3) is 0 Å². The Morgan fingerprint density at radius 1 is 0.656 bits per heavy atom. The predicted molar refractivity (Wildman–Crippen MR) is 131 cm³/mol. The zero-order valence-corrected chi connectivity index (χ0v) is 18.4. The lowest BCUT2D eigenvalue weighted by Crippen LogP contribution is -2.22. The highest BCUT2D eigenvalue weighted by Crippen LogP contribution is 2.49. The van der Waals surface area contributed by atoms with E-state index in [-0.39, 0.29) is 6.10 Å². The number of fused-ring (bicyclic) bond motifs is 3. The number of rotatable bonds is 3. The van der Waals surface area contributed by atoms with Crippen molar-refractivity contribution >= 4 is 0 Å². The lowest BCUT2D eigenvalue weighted by atomic mass is 9.94. The molecule has 1 aromatic heterocycles. The fraction of sp³-hybridized carbons (Fsp3) is 0.267. The van der Waals surface area contributed by atoms with Crippen molar-refractivity contribution < 1.29 is 4.74 Å². The highest BCUT2D eigenvalue weighted by molar-refractivity contribution is 5.81. The van der Waals surface area contributed by atoms with Gasteiger partial charge < -0.3 is 9.30 Å².